The van der Waals surface area contributed by atoms with Crippen LogP contribution in [0, 0.1) is 0 Å². The van der Waals surface area contributed by atoms with Gasteiger partial charge >= 0.3 is 0 Å². The number of pyridine rings is 3. The minimum absolute atomic E-state index is 0.929. The lowest BCUT2D eigenvalue weighted by Crippen LogP contribution is -1.95. The van der Waals surface area contributed by atoms with Gasteiger partial charge in [0.15, 0.2) is 0 Å². The number of rotatable bonds is 3. The Morgan fingerprint density at radius 1 is 0.341 bits per heavy atom. The van der Waals surface area contributed by atoms with Crippen LogP contribution in [0.5, 0.6) is 0 Å². The van der Waals surface area contributed by atoms with Crippen LogP contribution in [0.1, 0.15) is 0 Å². The van der Waals surface area contributed by atoms with Gasteiger partial charge in [-0.25, -0.2) is 9.97 Å². The molecule has 3 heteroatoms. The maximum Gasteiger partial charge on any atom is 0.0800 e. The second kappa shape index (κ2) is 9.82. The third-order valence-electron chi connectivity index (χ3n) is 8.76. The van der Waals surface area contributed by atoms with E-state index in [2.05, 4.69) is 132 Å². The van der Waals surface area contributed by atoms with E-state index >= 15 is 0 Å². The first-order chi connectivity index (χ1) is 21.8. The Labute approximate surface area is 254 Å². The Morgan fingerprint density at radius 2 is 0.886 bits per heavy atom. The van der Waals surface area contributed by atoms with E-state index in [0.29, 0.717) is 0 Å². The van der Waals surface area contributed by atoms with E-state index in [0.717, 1.165) is 50.1 Å². The SMILES string of the molecule is c1cc(-c2ccncc2)nc(-c2ccc(-c3nc4ccccc4c4c5ccccc5c5ccccc5c34)c3ccccc23)c1. The summed E-state index contributed by atoms with van der Waals surface area (Å²) in [5, 5.41) is 10.9. The van der Waals surface area contributed by atoms with Gasteiger partial charge in [-0.2, -0.15) is 0 Å². The fourth-order valence-corrected chi connectivity index (χ4v) is 6.82. The Bertz CT molecular complexity index is 2550. The molecule has 3 aromatic heterocycles. The van der Waals surface area contributed by atoms with Gasteiger partial charge in [-0.1, -0.05) is 109 Å². The highest BCUT2D eigenvalue weighted by molar-refractivity contribution is 6.34. The second-order valence-corrected chi connectivity index (χ2v) is 11.2. The highest BCUT2D eigenvalue weighted by atomic mass is 14.7. The van der Waals surface area contributed by atoms with Crippen molar-refractivity contribution in [3.05, 3.63) is 152 Å². The number of hydrogen-bond acceptors (Lipinski definition) is 3. The molecule has 3 nitrogen and oxygen atoms in total. The average molecular weight is 560 g/mol. The van der Waals surface area contributed by atoms with E-state index in [-0.39, 0.29) is 0 Å². The van der Waals surface area contributed by atoms with Gasteiger partial charge in [-0.3, -0.25) is 4.98 Å². The van der Waals surface area contributed by atoms with Gasteiger partial charge in [0, 0.05) is 45.2 Å². The van der Waals surface area contributed by atoms with Gasteiger partial charge in [-0.15, -0.1) is 0 Å². The minimum atomic E-state index is 0.929. The number of fused-ring (bicyclic) bond motifs is 9. The Balaban J connectivity index is 1.38. The lowest BCUT2D eigenvalue weighted by Gasteiger charge is -2.18. The zero-order chi connectivity index (χ0) is 29.0. The highest BCUT2D eigenvalue weighted by Crippen LogP contribution is 2.44. The largest absolute Gasteiger partial charge is 0.265 e. The van der Waals surface area contributed by atoms with E-state index in [1.54, 1.807) is 0 Å². The molecule has 9 aromatic rings. The molecule has 0 saturated carbocycles. The topological polar surface area (TPSA) is 38.7 Å². The summed E-state index contributed by atoms with van der Waals surface area (Å²) in [6.07, 6.45) is 3.61. The summed E-state index contributed by atoms with van der Waals surface area (Å²) in [6, 6.07) is 49.4. The predicted molar refractivity (Wildman–Crippen MR) is 184 cm³/mol. The highest BCUT2D eigenvalue weighted by Gasteiger charge is 2.19. The number of para-hydroxylation sites is 1. The molecule has 0 saturated heterocycles. The molecule has 9 rings (SSSR count). The molecule has 44 heavy (non-hydrogen) atoms. The molecule has 0 aliphatic heterocycles. The zero-order valence-corrected chi connectivity index (χ0v) is 23.8. The standard InChI is InChI=1S/C41H25N3/c1-2-13-30-27(10-1)31(37-19-9-18-36(43-37)26-22-24-42-25-23-26)20-21-34(30)41-40-33-15-6-4-12-29(33)28-11-3-5-14-32(28)39(40)35-16-7-8-17-38(35)44-41/h1-25H. The summed E-state index contributed by atoms with van der Waals surface area (Å²) >= 11 is 0. The van der Waals surface area contributed by atoms with Crippen LogP contribution in [-0.2, 0) is 0 Å². The molecule has 0 amide bonds. The number of nitrogens with zero attached hydrogens (tertiary/aromatic N) is 3. The van der Waals surface area contributed by atoms with Crippen LogP contribution in [0.25, 0.3) is 87.8 Å². The molecule has 0 atom stereocenters. The van der Waals surface area contributed by atoms with Crippen LogP contribution < -0.4 is 0 Å². The zero-order valence-electron chi connectivity index (χ0n) is 23.8. The quantitative estimate of drug-likeness (QED) is 0.202. The van der Waals surface area contributed by atoms with Gasteiger partial charge in [0.05, 0.1) is 22.6 Å². The fourth-order valence-electron chi connectivity index (χ4n) is 6.82. The van der Waals surface area contributed by atoms with Crippen molar-refractivity contribution in [2.75, 3.05) is 0 Å². The van der Waals surface area contributed by atoms with Crippen molar-refractivity contribution >= 4 is 54.0 Å². The molecule has 0 fully saturated rings. The van der Waals surface area contributed by atoms with E-state index in [1.807, 2.05) is 24.5 Å². The van der Waals surface area contributed by atoms with Gasteiger partial charge in [0.2, 0.25) is 0 Å². The van der Waals surface area contributed by atoms with Crippen LogP contribution in [0.2, 0.25) is 0 Å². The first kappa shape index (κ1) is 24.6. The first-order valence-electron chi connectivity index (χ1n) is 14.9. The maximum absolute atomic E-state index is 5.42. The number of aromatic nitrogens is 3. The molecule has 204 valence electrons. The molecule has 6 aromatic carbocycles. The van der Waals surface area contributed by atoms with E-state index < -0.39 is 0 Å². The van der Waals surface area contributed by atoms with Crippen LogP contribution in [-0.4, -0.2) is 15.0 Å². The molecule has 0 aliphatic carbocycles. The van der Waals surface area contributed by atoms with Gasteiger partial charge in [0.1, 0.15) is 0 Å². The molecule has 0 spiro atoms. The summed E-state index contributed by atoms with van der Waals surface area (Å²) in [4.78, 5) is 14.7. The van der Waals surface area contributed by atoms with E-state index in [4.69, 9.17) is 9.97 Å². The molecular formula is C41H25N3. The third kappa shape index (κ3) is 3.73. The van der Waals surface area contributed by atoms with Crippen molar-refractivity contribution in [3.8, 4) is 33.8 Å². The van der Waals surface area contributed by atoms with Gasteiger partial charge in [-0.05, 0) is 62.6 Å². The maximum atomic E-state index is 5.42. The van der Waals surface area contributed by atoms with Crippen LogP contribution in [0.3, 0.4) is 0 Å². The monoisotopic (exact) mass is 559 g/mol. The van der Waals surface area contributed by atoms with Crippen molar-refractivity contribution in [1.82, 2.24) is 15.0 Å². The lowest BCUT2D eigenvalue weighted by molar-refractivity contribution is 1.29. The van der Waals surface area contributed by atoms with Crippen molar-refractivity contribution in [2.24, 2.45) is 0 Å². The van der Waals surface area contributed by atoms with Crippen molar-refractivity contribution in [1.29, 1.82) is 0 Å². The Kier molecular flexibility index (Phi) is 5.50. The molecule has 0 radical (unpaired) electrons. The van der Waals surface area contributed by atoms with Crippen LogP contribution >= 0.6 is 0 Å². The summed E-state index contributed by atoms with van der Waals surface area (Å²) in [5.74, 6) is 0. The molecule has 3 heterocycles. The van der Waals surface area contributed by atoms with Gasteiger partial charge in [0.25, 0.3) is 0 Å². The fraction of sp³-hybridized carbons (Fsp3) is 0. The number of benzene rings is 6. The predicted octanol–water partition coefficient (Wildman–Crippen LogP) is 10.6. The first-order valence-corrected chi connectivity index (χ1v) is 14.9. The molecule has 0 aliphatic rings. The average Bonchev–Trinajstić information content (AvgIpc) is 3.11. The van der Waals surface area contributed by atoms with Crippen molar-refractivity contribution < 1.29 is 0 Å². The summed E-state index contributed by atoms with van der Waals surface area (Å²) in [6.45, 7) is 0. The Morgan fingerprint density at radius 3 is 1.61 bits per heavy atom. The van der Waals surface area contributed by atoms with E-state index in [1.165, 1.54) is 37.7 Å². The molecule has 0 bridgehead atoms. The van der Waals surface area contributed by atoms with E-state index in [9.17, 15) is 0 Å². The number of hydrogen-bond donors (Lipinski definition) is 0. The van der Waals surface area contributed by atoms with Crippen LogP contribution in [0.4, 0.5) is 0 Å². The molecule has 0 unspecified atom stereocenters. The Hall–Kier alpha value is -5.93. The van der Waals surface area contributed by atoms with Crippen molar-refractivity contribution in [2.45, 2.75) is 0 Å². The normalized spacial score (nSPS) is 11.6. The van der Waals surface area contributed by atoms with Gasteiger partial charge < -0.3 is 0 Å². The molecular weight excluding hydrogens is 534 g/mol. The third-order valence-corrected chi connectivity index (χ3v) is 8.76. The minimum Gasteiger partial charge on any atom is -0.265 e. The summed E-state index contributed by atoms with van der Waals surface area (Å²) < 4.78 is 0. The summed E-state index contributed by atoms with van der Waals surface area (Å²) in [7, 11) is 0. The smallest absolute Gasteiger partial charge is 0.0800 e. The second-order valence-electron chi connectivity index (χ2n) is 11.2. The van der Waals surface area contributed by atoms with Crippen LogP contribution in [0.15, 0.2) is 152 Å². The van der Waals surface area contributed by atoms with Crippen molar-refractivity contribution in [3.63, 3.8) is 0 Å². The molecule has 0 N–H and O–H groups in total. The summed E-state index contributed by atoms with van der Waals surface area (Å²) in [5.41, 5.74) is 7.13. The lowest BCUT2D eigenvalue weighted by atomic mass is 9.88.